The van der Waals surface area contributed by atoms with Gasteiger partial charge < -0.3 is 0 Å². The number of nitrogens with one attached hydrogen (secondary N) is 1. The van der Waals surface area contributed by atoms with Crippen molar-refractivity contribution in [3.05, 3.63) is 70.1 Å². The predicted molar refractivity (Wildman–Crippen MR) is 97.0 cm³/mol. The third-order valence-corrected chi connectivity index (χ3v) is 4.43. The minimum Gasteiger partial charge on any atom is -0.298 e. The van der Waals surface area contributed by atoms with Crippen LogP contribution in [0.25, 0.3) is 11.3 Å². The summed E-state index contributed by atoms with van der Waals surface area (Å²) in [6, 6.07) is 13.9. The Hall–Kier alpha value is -2.50. The van der Waals surface area contributed by atoms with E-state index in [0.717, 1.165) is 11.3 Å². The van der Waals surface area contributed by atoms with Crippen LogP contribution >= 0.6 is 22.9 Å². The lowest BCUT2D eigenvalue weighted by Crippen LogP contribution is -2.11. The molecule has 120 valence electrons. The third-order valence-electron chi connectivity index (χ3n) is 3.42. The second-order valence-corrected chi connectivity index (χ2v) is 6.43. The highest BCUT2D eigenvalue weighted by atomic mass is 35.5. The molecule has 0 aliphatic carbocycles. The molecule has 0 spiro atoms. The summed E-state index contributed by atoms with van der Waals surface area (Å²) in [6.45, 7) is 1.49. The van der Waals surface area contributed by atoms with Gasteiger partial charge in [0.25, 0.3) is 5.91 Å². The minimum absolute atomic E-state index is 0.0329. The monoisotopic (exact) mass is 356 g/mol. The van der Waals surface area contributed by atoms with Crippen molar-refractivity contribution in [2.75, 3.05) is 5.32 Å². The average molecular weight is 357 g/mol. The molecule has 1 N–H and O–H groups in total. The van der Waals surface area contributed by atoms with Gasteiger partial charge in [0.2, 0.25) is 0 Å². The molecule has 6 heteroatoms. The number of thiazole rings is 1. The molecule has 0 atom stereocenters. The Labute approximate surface area is 148 Å². The molecule has 0 saturated carbocycles. The third kappa shape index (κ3) is 3.69. The van der Waals surface area contributed by atoms with E-state index in [2.05, 4.69) is 10.3 Å². The number of ketones is 1. The van der Waals surface area contributed by atoms with Crippen molar-refractivity contribution in [2.24, 2.45) is 0 Å². The summed E-state index contributed by atoms with van der Waals surface area (Å²) in [4.78, 5) is 27.9. The van der Waals surface area contributed by atoms with Crippen LogP contribution < -0.4 is 5.32 Å². The van der Waals surface area contributed by atoms with Crippen LogP contribution in [0.3, 0.4) is 0 Å². The smallest absolute Gasteiger partial charge is 0.257 e. The first-order valence-electron chi connectivity index (χ1n) is 7.17. The molecule has 0 bridgehead atoms. The van der Waals surface area contributed by atoms with E-state index in [1.165, 1.54) is 18.3 Å². The molecule has 0 aliphatic heterocycles. The molecule has 0 unspecified atom stereocenters. The highest BCUT2D eigenvalue weighted by Crippen LogP contribution is 2.26. The SMILES string of the molecule is CC(=O)c1ccc(C(=O)Nc2nc(-c3ccc(Cl)cc3)cs2)cc1. The summed E-state index contributed by atoms with van der Waals surface area (Å²) in [7, 11) is 0. The number of carbonyl (C=O) groups excluding carboxylic acids is 2. The lowest BCUT2D eigenvalue weighted by molar-refractivity contribution is 0.100. The molecule has 1 aromatic heterocycles. The number of benzene rings is 2. The van der Waals surface area contributed by atoms with Gasteiger partial charge in [-0.2, -0.15) is 0 Å². The number of Topliss-reactive ketones (excluding diaryl/α,β-unsaturated/α-hetero) is 1. The van der Waals surface area contributed by atoms with Crippen molar-refractivity contribution < 1.29 is 9.59 Å². The van der Waals surface area contributed by atoms with Gasteiger partial charge in [-0.1, -0.05) is 35.9 Å². The molecule has 0 fully saturated rings. The topological polar surface area (TPSA) is 59.1 Å². The van der Waals surface area contributed by atoms with Crippen LogP contribution in [-0.4, -0.2) is 16.7 Å². The van der Waals surface area contributed by atoms with Gasteiger partial charge in [0.05, 0.1) is 5.69 Å². The number of amides is 1. The second kappa shape index (κ2) is 6.95. The van der Waals surface area contributed by atoms with Gasteiger partial charge in [-0.3, -0.25) is 14.9 Å². The molecule has 4 nitrogen and oxygen atoms in total. The Kier molecular flexibility index (Phi) is 4.74. The molecule has 3 rings (SSSR count). The van der Waals surface area contributed by atoms with Crippen molar-refractivity contribution in [3.8, 4) is 11.3 Å². The number of hydrogen-bond acceptors (Lipinski definition) is 4. The number of anilines is 1. The summed E-state index contributed by atoms with van der Waals surface area (Å²) in [5, 5.41) is 5.82. The number of rotatable bonds is 4. The van der Waals surface area contributed by atoms with E-state index in [1.54, 1.807) is 36.4 Å². The largest absolute Gasteiger partial charge is 0.298 e. The van der Waals surface area contributed by atoms with Crippen molar-refractivity contribution in [1.82, 2.24) is 4.98 Å². The fourth-order valence-electron chi connectivity index (χ4n) is 2.11. The molecule has 2 aromatic carbocycles. The summed E-state index contributed by atoms with van der Waals surface area (Å²) >= 11 is 7.23. The van der Waals surface area contributed by atoms with Crippen LogP contribution in [0, 0.1) is 0 Å². The molecule has 1 heterocycles. The van der Waals surface area contributed by atoms with Crippen LogP contribution in [0.4, 0.5) is 5.13 Å². The number of halogens is 1. The van der Waals surface area contributed by atoms with Crippen molar-refractivity contribution in [1.29, 1.82) is 0 Å². The molecule has 24 heavy (non-hydrogen) atoms. The van der Waals surface area contributed by atoms with Gasteiger partial charge in [0, 0.05) is 27.1 Å². The highest BCUT2D eigenvalue weighted by molar-refractivity contribution is 7.14. The lowest BCUT2D eigenvalue weighted by atomic mass is 10.1. The maximum Gasteiger partial charge on any atom is 0.257 e. The van der Waals surface area contributed by atoms with Gasteiger partial charge >= 0.3 is 0 Å². The van der Waals surface area contributed by atoms with E-state index < -0.39 is 0 Å². The zero-order valence-electron chi connectivity index (χ0n) is 12.7. The number of hydrogen-bond donors (Lipinski definition) is 1. The van der Waals surface area contributed by atoms with E-state index in [0.29, 0.717) is 21.3 Å². The van der Waals surface area contributed by atoms with Gasteiger partial charge in [0.15, 0.2) is 10.9 Å². The first-order valence-corrected chi connectivity index (χ1v) is 8.42. The van der Waals surface area contributed by atoms with Crippen molar-refractivity contribution in [2.45, 2.75) is 6.92 Å². The first-order chi connectivity index (χ1) is 11.5. The van der Waals surface area contributed by atoms with E-state index in [1.807, 2.05) is 17.5 Å². The number of nitrogens with zero attached hydrogens (tertiary/aromatic N) is 1. The van der Waals surface area contributed by atoms with E-state index in [9.17, 15) is 9.59 Å². The molecule has 0 aliphatic rings. The molecular weight excluding hydrogens is 344 g/mol. The van der Waals surface area contributed by atoms with Gasteiger partial charge in [-0.05, 0) is 31.2 Å². The van der Waals surface area contributed by atoms with E-state index in [4.69, 9.17) is 11.6 Å². The lowest BCUT2D eigenvalue weighted by Gasteiger charge is -2.02. The summed E-state index contributed by atoms with van der Waals surface area (Å²) in [5.41, 5.74) is 2.76. The maximum atomic E-state index is 12.2. The van der Waals surface area contributed by atoms with Crippen LogP contribution in [0.15, 0.2) is 53.9 Å². The van der Waals surface area contributed by atoms with Crippen LogP contribution in [0.1, 0.15) is 27.6 Å². The second-order valence-electron chi connectivity index (χ2n) is 5.13. The van der Waals surface area contributed by atoms with Crippen LogP contribution in [-0.2, 0) is 0 Å². The highest BCUT2D eigenvalue weighted by Gasteiger charge is 2.10. The fourth-order valence-corrected chi connectivity index (χ4v) is 2.95. The predicted octanol–water partition coefficient (Wildman–Crippen LogP) is 4.92. The van der Waals surface area contributed by atoms with Crippen molar-refractivity contribution in [3.63, 3.8) is 0 Å². The van der Waals surface area contributed by atoms with Gasteiger partial charge in [-0.25, -0.2) is 4.98 Å². The van der Waals surface area contributed by atoms with Crippen LogP contribution in [0.2, 0.25) is 5.02 Å². The van der Waals surface area contributed by atoms with Crippen molar-refractivity contribution >= 4 is 39.8 Å². The van der Waals surface area contributed by atoms with E-state index in [-0.39, 0.29) is 11.7 Å². The molecule has 0 radical (unpaired) electrons. The summed E-state index contributed by atoms with van der Waals surface area (Å²) in [5.74, 6) is -0.295. The maximum absolute atomic E-state index is 12.2. The Balaban J connectivity index is 1.73. The summed E-state index contributed by atoms with van der Waals surface area (Å²) in [6.07, 6.45) is 0. The first kappa shape index (κ1) is 16.4. The van der Waals surface area contributed by atoms with Gasteiger partial charge in [-0.15, -0.1) is 11.3 Å². The quantitative estimate of drug-likeness (QED) is 0.675. The zero-order valence-corrected chi connectivity index (χ0v) is 14.3. The van der Waals surface area contributed by atoms with E-state index >= 15 is 0 Å². The Morgan fingerprint density at radius 1 is 1.00 bits per heavy atom. The average Bonchev–Trinajstić information content (AvgIpc) is 3.04. The zero-order chi connectivity index (χ0) is 17.1. The normalized spacial score (nSPS) is 10.4. The molecule has 0 saturated heterocycles. The molecule has 3 aromatic rings. The minimum atomic E-state index is -0.262. The summed E-state index contributed by atoms with van der Waals surface area (Å²) < 4.78 is 0. The van der Waals surface area contributed by atoms with Crippen LogP contribution in [0.5, 0.6) is 0 Å². The fraction of sp³-hybridized carbons (Fsp3) is 0.0556. The molecular formula is C18H13ClN2O2S. The number of carbonyl (C=O) groups is 2. The standard InChI is InChI=1S/C18H13ClN2O2S/c1-11(22)12-2-4-14(5-3-12)17(23)21-18-20-16(10-24-18)13-6-8-15(19)9-7-13/h2-10H,1H3,(H,20,21,23). The number of aromatic nitrogens is 1. The molecule has 1 amide bonds. The Bertz CT molecular complexity index is 886. The Morgan fingerprint density at radius 3 is 2.25 bits per heavy atom. The van der Waals surface area contributed by atoms with Gasteiger partial charge in [0.1, 0.15) is 0 Å². The Morgan fingerprint density at radius 2 is 1.62 bits per heavy atom.